The lowest BCUT2D eigenvalue weighted by molar-refractivity contribution is -0.149. The minimum Gasteiger partial charge on any atom is -0.478 e. The van der Waals surface area contributed by atoms with Crippen LogP contribution in [-0.2, 0) is 33.4 Å². The molecule has 0 fully saturated rings. The molecule has 2 heterocycles. The first-order valence-electron chi connectivity index (χ1n) is 11.3. The summed E-state index contributed by atoms with van der Waals surface area (Å²) in [4.78, 5) is 41.8. The molecule has 33 heavy (non-hydrogen) atoms. The Morgan fingerprint density at radius 3 is 2.36 bits per heavy atom. The number of amides is 1. The molecule has 2 atom stereocenters. The van der Waals surface area contributed by atoms with Gasteiger partial charge in [0.1, 0.15) is 0 Å². The molecule has 0 unspecified atom stereocenters. The van der Waals surface area contributed by atoms with Crippen LogP contribution in [0.2, 0.25) is 0 Å². The average Bonchev–Trinajstić information content (AvgIpc) is 3.02. The Hall–Kier alpha value is -2.93. The minimum atomic E-state index is -1.04. The molecule has 0 radical (unpaired) electrons. The van der Waals surface area contributed by atoms with Gasteiger partial charge in [-0.2, -0.15) is 0 Å². The summed E-state index contributed by atoms with van der Waals surface area (Å²) in [5, 5.41) is 10.4. The van der Waals surface area contributed by atoms with E-state index in [4.69, 9.17) is 0 Å². The van der Waals surface area contributed by atoms with Crippen molar-refractivity contribution in [1.82, 2.24) is 14.4 Å². The maximum Gasteiger partial charge on any atom is 0.331 e. The third-order valence-electron chi connectivity index (χ3n) is 7.06. The second-order valence-corrected chi connectivity index (χ2v) is 10.1. The molecular formula is C26H35N3O4. The van der Waals surface area contributed by atoms with Gasteiger partial charge in [-0.1, -0.05) is 52.0 Å². The molecule has 1 aliphatic heterocycles. The van der Waals surface area contributed by atoms with E-state index in [1.54, 1.807) is 13.1 Å². The summed E-state index contributed by atoms with van der Waals surface area (Å²) in [7, 11) is 5.50. The van der Waals surface area contributed by atoms with Gasteiger partial charge < -0.3 is 14.6 Å². The largest absolute Gasteiger partial charge is 0.478 e. The summed E-state index contributed by atoms with van der Waals surface area (Å²) in [6.07, 6.45) is 1.55. The first-order valence-corrected chi connectivity index (χ1v) is 11.3. The fraction of sp³-hybridized carbons (Fsp3) is 0.500. The van der Waals surface area contributed by atoms with Gasteiger partial charge in [-0.3, -0.25) is 14.5 Å². The number of hydrogen-bond acceptors (Lipinski definition) is 4. The molecule has 3 rings (SSSR count). The normalized spacial score (nSPS) is 19.4. The maximum absolute atomic E-state index is 13.7. The number of aromatic nitrogens is 1. The van der Waals surface area contributed by atoms with Crippen molar-refractivity contribution in [3.05, 3.63) is 47.2 Å². The zero-order valence-corrected chi connectivity index (χ0v) is 20.8. The van der Waals surface area contributed by atoms with Crippen LogP contribution in [0.5, 0.6) is 0 Å². The number of aryl methyl sites for hydroxylation is 1. The van der Waals surface area contributed by atoms with Crippen LogP contribution in [0.1, 0.15) is 45.9 Å². The maximum atomic E-state index is 13.7. The monoisotopic (exact) mass is 453 g/mol. The lowest BCUT2D eigenvalue weighted by atomic mass is 9.71. The number of hydrogen-bond donors (Lipinski definition) is 1. The van der Waals surface area contributed by atoms with Crippen LogP contribution in [0, 0.1) is 5.92 Å². The highest BCUT2D eigenvalue weighted by molar-refractivity contribution is 6.38. The lowest BCUT2D eigenvalue weighted by Gasteiger charge is -2.44. The average molecular weight is 454 g/mol. The van der Waals surface area contributed by atoms with E-state index in [1.165, 1.54) is 11.8 Å². The standard InChI is InChI=1S/C26H35N3O4/c1-15(2)19(13-16(3)25(32)33)29(8)24(31)22(30)23-26(4,5)21-17-11-9-10-12-18(17)28(7)20(21)14-27(23)6/h9-13,15,19,23H,14H2,1-8H3,(H,32,33)/b16-13+/t19-,23+/m0/s1. The lowest BCUT2D eigenvalue weighted by Crippen LogP contribution is -2.58. The Morgan fingerprint density at radius 1 is 1.18 bits per heavy atom. The van der Waals surface area contributed by atoms with Crippen LogP contribution in [0.25, 0.3) is 10.9 Å². The number of carbonyl (C=O) groups excluding carboxylic acids is 2. The number of carbonyl (C=O) groups is 3. The SMILES string of the molecule is C/C(=C\[C@@H](C(C)C)N(C)C(=O)C(=O)[C@H]1N(C)Cc2c(c3ccccc3n2C)C1(C)C)C(=O)O. The van der Waals surface area contributed by atoms with E-state index in [9.17, 15) is 19.5 Å². The first-order chi connectivity index (χ1) is 15.3. The summed E-state index contributed by atoms with van der Waals surface area (Å²) in [5.41, 5.74) is 2.91. The van der Waals surface area contributed by atoms with E-state index in [0.29, 0.717) is 6.54 Å². The Bertz CT molecular complexity index is 1140. The van der Waals surface area contributed by atoms with E-state index in [-0.39, 0.29) is 11.5 Å². The molecule has 7 nitrogen and oxygen atoms in total. The van der Waals surface area contributed by atoms with Crippen LogP contribution in [-0.4, -0.2) is 63.3 Å². The zero-order valence-electron chi connectivity index (χ0n) is 20.8. The third kappa shape index (κ3) is 4.10. The quantitative estimate of drug-likeness (QED) is 0.536. The topological polar surface area (TPSA) is 82.9 Å². The molecule has 2 aromatic rings. The van der Waals surface area contributed by atoms with Crippen molar-refractivity contribution in [3.63, 3.8) is 0 Å². The number of rotatable bonds is 6. The number of aliphatic carboxylic acids is 1. The van der Waals surface area contributed by atoms with Gasteiger partial charge in [0.15, 0.2) is 0 Å². The first kappa shape index (κ1) is 24.7. The molecule has 1 aromatic carbocycles. The van der Waals surface area contributed by atoms with E-state index in [1.807, 2.05) is 58.8 Å². The molecule has 0 saturated heterocycles. The van der Waals surface area contributed by atoms with Crippen LogP contribution in [0.4, 0.5) is 0 Å². The van der Waals surface area contributed by atoms with E-state index in [0.717, 1.165) is 22.2 Å². The second-order valence-electron chi connectivity index (χ2n) is 10.1. The summed E-state index contributed by atoms with van der Waals surface area (Å²) < 4.78 is 2.17. The van der Waals surface area contributed by atoms with Crippen molar-refractivity contribution in [1.29, 1.82) is 0 Å². The third-order valence-corrected chi connectivity index (χ3v) is 7.06. The molecule has 178 valence electrons. The number of carboxylic acids is 1. The molecular weight excluding hydrogens is 418 g/mol. The predicted molar refractivity (Wildman–Crippen MR) is 129 cm³/mol. The van der Waals surface area contributed by atoms with Crippen LogP contribution >= 0.6 is 0 Å². The number of para-hydroxylation sites is 1. The number of carboxylic acid groups (broad SMARTS) is 1. The summed E-state index contributed by atoms with van der Waals surface area (Å²) >= 11 is 0. The Balaban J connectivity index is 2.02. The van der Waals surface area contributed by atoms with Gasteiger partial charge in [-0.15, -0.1) is 0 Å². The molecule has 1 N–H and O–H groups in total. The second kappa shape index (κ2) is 8.78. The van der Waals surface area contributed by atoms with Gasteiger partial charge in [-0.25, -0.2) is 4.79 Å². The van der Waals surface area contributed by atoms with E-state index >= 15 is 0 Å². The van der Waals surface area contributed by atoms with Gasteiger partial charge in [0.05, 0.1) is 12.1 Å². The van der Waals surface area contributed by atoms with Crippen molar-refractivity contribution in [3.8, 4) is 0 Å². The van der Waals surface area contributed by atoms with Gasteiger partial charge >= 0.3 is 5.97 Å². The number of likely N-dealkylation sites (N-methyl/N-ethyl adjacent to an activating group) is 2. The zero-order chi connectivity index (χ0) is 24.8. The van der Waals surface area contributed by atoms with Gasteiger partial charge in [-0.05, 0) is 31.5 Å². The molecule has 1 amide bonds. The Morgan fingerprint density at radius 2 is 1.79 bits per heavy atom. The Labute approximate surface area is 195 Å². The predicted octanol–water partition coefficient (Wildman–Crippen LogP) is 3.35. The van der Waals surface area contributed by atoms with Gasteiger partial charge in [0.2, 0.25) is 5.78 Å². The van der Waals surface area contributed by atoms with Crippen LogP contribution < -0.4 is 0 Å². The molecule has 0 spiro atoms. The van der Waals surface area contributed by atoms with Gasteiger partial charge in [0, 0.05) is 48.2 Å². The number of Topliss-reactive ketones (excluding diaryl/α,β-unsaturated/α-hetero) is 1. The highest BCUT2D eigenvalue weighted by atomic mass is 16.4. The number of nitrogens with zero attached hydrogens (tertiary/aromatic N) is 3. The van der Waals surface area contributed by atoms with Crippen molar-refractivity contribution >= 4 is 28.6 Å². The summed E-state index contributed by atoms with van der Waals surface area (Å²) in [5.74, 6) is -2.17. The highest BCUT2D eigenvalue weighted by Crippen LogP contribution is 2.43. The highest BCUT2D eigenvalue weighted by Gasteiger charge is 2.49. The summed E-state index contributed by atoms with van der Waals surface area (Å²) in [6.45, 7) is 9.92. The smallest absolute Gasteiger partial charge is 0.331 e. The van der Waals surface area contributed by atoms with Gasteiger partial charge in [0.25, 0.3) is 5.91 Å². The van der Waals surface area contributed by atoms with E-state index < -0.39 is 35.2 Å². The molecule has 7 heteroatoms. The number of fused-ring (bicyclic) bond motifs is 3. The van der Waals surface area contributed by atoms with Crippen molar-refractivity contribution in [2.75, 3.05) is 14.1 Å². The molecule has 0 bridgehead atoms. The fourth-order valence-corrected chi connectivity index (χ4v) is 5.40. The number of ketones is 1. The Kier molecular flexibility index (Phi) is 6.58. The molecule has 1 aliphatic rings. The minimum absolute atomic E-state index is 0.0529. The molecule has 0 aliphatic carbocycles. The van der Waals surface area contributed by atoms with Crippen molar-refractivity contribution in [2.24, 2.45) is 13.0 Å². The number of benzene rings is 1. The fourth-order valence-electron chi connectivity index (χ4n) is 5.40. The van der Waals surface area contributed by atoms with E-state index in [2.05, 4.69) is 16.7 Å². The summed E-state index contributed by atoms with van der Waals surface area (Å²) in [6, 6.07) is 7.02. The van der Waals surface area contributed by atoms with Crippen molar-refractivity contribution < 1.29 is 19.5 Å². The van der Waals surface area contributed by atoms with Crippen LogP contribution in [0.3, 0.4) is 0 Å². The molecule has 1 aromatic heterocycles. The van der Waals surface area contributed by atoms with Crippen LogP contribution in [0.15, 0.2) is 35.9 Å². The van der Waals surface area contributed by atoms with Crippen molar-refractivity contribution in [2.45, 2.75) is 58.7 Å². The molecule has 0 saturated carbocycles.